The number of benzene rings is 2. The van der Waals surface area contributed by atoms with E-state index in [0.717, 1.165) is 28.3 Å². The first-order valence-corrected chi connectivity index (χ1v) is 8.19. The van der Waals surface area contributed by atoms with Gasteiger partial charge in [-0.05, 0) is 17.7 Å². The third kappa shape index (κ3) is 2.87. The number of rotatable bonds is 4. The zero-order valence-electron chi connectivity index (χ0n) is 13.9. The fourth-order valence-corrected chi connectivity index (χ4v) is 3.02. The van der Waals surface area contributed by atoms with E-state index in [1.807, 2.05) is 48.5 Å². The number of fused-ring (bicyclic) bond motifs is 3. The van der Waals surface area contributed by atoms with Crippen molar-refractivity contribution in [2.24, 2.45) is 5.10 Å². The summed E-state index contributed by atoms with van der Waals surface area (Å²) in [6.45, 7) is 1.07. The number of ether oxygens (including phenoxy) is 1. The van der Waals surface area contributed by atoms with Crippen LogP contribution in [0.3, 0.4) is 0 Å². The van der Waals surface area contributed by atoms with Crippen molar-refractivity contribution in [3.05, 3.63) is 60.2 Å². The van der Waals surface area contributed by atoms with E-state index in [9.17, 15) is 4.79 Å². The lowest BCUT2D eigenvalue weighted by Crippen LogP contribution is -2.32. The van der Waals surface area contributed by atoms with Crippen LogP contribution in [0.4, 0.5) is 5.95 Å². The number of hydrazone groups is 1. The van der Waals surface area contributed by atoms with Gasteiger partial charge in [-0.3, -0.25) is 4.79 Å². The van der Waals surface area contributed by atoms with E-state index in [1.165, 1.54) is 7.11 Å². The zero-order chi connectivity index (χ0) is 17.2. The Labute approximate surface area is 145 Å². The summed E-state index contributed by atoms with van der Waals surface area (Å²) in [5.74, 6) is 0.495. The molecule has 3 aromatic rings. The van der Waals surface area contributed by atoms with Crippen LogP contribution in [0.1, 0.15) is 12.0 Å². The van der Waals surface area contributed by atoms with Crippen LogP contribution in [0.5, 0.6) is 0 Å². The fourth-order valence-electron chi connectivity index (χ4n) is 3.02. The van der Waals surface area contributed by atoms with Gasteiger partial charge in [0, 0.05) is 0 Å². The second-order valence-electron chi connectivity index (χ2n) is 5.85. The number of nitrogens with zero attached hydrogens (tertiary/aromatic N) is 4. The summed E-state index contributed by atoms with van der Waals surface area (Å²) in [7, 11) is 1.40. The van der Waals surface area contributed by atoms with Crippen LogP contribution in [0.15, 0.2) is 59.7 Å². The van der Waals surface area contributed by atoms with Crippen LogP contribution in [-0.2, 0) is 16.1 Å². The maximum Gasteiger partial charge on any atom is 0.307 e. The molecule has 0 unspecified atom stereocenters. The van der Waals surface area contributed by atoms with Crippen molar-refractivity contribution in [3.63, 3.8) is 0 Å². The van der Waals surface area contributed by atoms with Crippen LogP contribution >= 0.6 is 0 Å². The summed E-state index contributed by atoms with van der Waals surface area (Å²) in [5, 5.41) is 6.55. The topological polar surface area (TPSA) is 59.7 Å². The number of carbonyl (C=O) groups excluding carboxylic acids is 1. The molecule has 126 valence electrons. The molecule has 6 heteroatoms. The number of hydrogen-bond donors (Lipinski definition) is 0. The first-order chi connectivity index (χ1) is 12.3. The van der Waals surface area contributed by atoms with Crippen molar-refractivity contribution in [2.45, 2.75) is 13.0 Å². The van der Waals surface area contributed by atoms with E-state index < -0.39 is 0 Å². The van der Waals surface area contributed by atoms with E-state index >= 15 is 0 Å². The first kappa shape index (κ1) is 15.4. The molecule has 6 nitrogen and oxygen atoms in total. The Bertz CT molecular complexity index is 946. The van der Waals surface area contributed by atoms with Gasteiger partial charge in [-0.1, -0.05) is 42.5 Å². The van der Waals surface area contributed by atoms with Crippen LogP contribution in [0.2, 0.25) is 0 Å². The van der Waals surface area contributed by atoms with Crippen molar-refractivity contribution in [1.29, 1.82) is 0 Å². The van der Waals surface area contributed by atoms with Gasteiger partial charge in [-0.2, -0.15) is 5.10 Å². The molecule has 0 aliphatic carbocycles. The maximum absolute atomic E-state index is 11.6. The molecule has 0 N–H and O–H groups in total. The van der Waals surface area contributed by atoms with E-state index in [-0.39, 0.29) is 12.4 Å². The summed E-state index contributed by atoms with van der Waals surface area (Å²) in [6.07, 6.45) is 0.255. The summed E-state index contributed by atoms with van der Waals surface area (Å²) < 4.78 is 6.90. The Morgan fingerprint density at radius 3 is 2.68 bits per heavy atom. The summed E-state index contributed by atoms with van der Waals surface area (Å²) in [4.78, 5) is 16.3. The number of aromatic nitrogens is 2. The number of anilines is 1. The Hall–Kier alpha value is -3.15. The smallest absolute Gasteiger partial charge is 0.307 e. The molecular weight excluding hydrogens is 316 g/mol. The molecule has 0 bridgehead atoms. The number of para-hydroxylation sites is 2. The van der Waals surface area contributed by atoms with Gasteiger partial charge in [0.15, 0.2) is 0 Å². The number of methoxy groups -OCH3 is 1. The van der Waals surface area contributed by atoms with Crippen molar-refractivity contribution >= 4 is 28.7 Å². The monoisotopic (exact) mass is 334 g/mol. The normalized spacial score (nSPS) is 13.5. The predicted octanol–water partition coefficient (Wildman–Crippen LogP) is 2.82. The quantitative estimate of drug-likeness (QED) is 0.689. The third-order valence-corrected chi connectivity index (χ3v) is 4.28. The largest absolute Gasteiger partial charge is 0.469 e. The third-order valence-electron chi connectivity index (χ3n) is 4.28. The van der Waals surface area contributed by atoms with Gasteiger partial charge in [0.1, 0.15) is 0 Å². The minimum absolute atomic E-state index is 0.255. The average Bonchev–Trinajstić information content (AvgIpc) is 3.05. The van der Waals surface area contributed by atoms with Gasteiger partial charge in [0.25, 0.3) is 0 Å². The van der Waals surface area contributed by atoms with Crippen LogP contribution in [0.25, 0.3) is 11.0 Å². The maximum atomic E-state index is 11.6. The van der Waals surface area contributed by atoms with Gasteiger partial charge in [-0.15, -0.1) is 0 Å². The zero-order valence-corrected chi connectivity index (χ0v) is 13.9. The first-order valence-electron chi connectivity index (χ1n) is 8.19. The van der Waals surface area contributed by atoms with E-state index in [4.69, 9.17) is 14.8 Å². The van der Waals surface area contributed by atoms with E-state index in [1.54, 1.807) is 5.01 Å². The Morgan fingerprint density at radius 1 is 1.12 bits per heavy atom. The number of carbonyl (C=O) groups is 1. The molecule has 2 aromatic carbocycles. The molecule has 2 heterocycles. The van der Waals surface area contributed by atoms with Gasteiger partial charge >= 0.3 is 5.97 Å². The minimum Gasteiger partial charge on any atom is -0.469 e. The summed E-state index contributed by atoms with van der Waals surface area (Å²) in [6, 6.07) is 18.1. The molecule has 0 saturated heterocycles. The lowest BCUT2D eigenvalue weighted by molar-refractivity contribution is -0.140. The van der Waals surface area contributed by atoms with Gasteiger partial charge in [-0.25, -0.2) is 9.99 Å². The van der Waals surface area contributed by atoms with Crippen LogP contribution in [0, 0.1) is 0 Å². The molecule has 25 heavy (non-hydrogen) atoms. The molecule has 0 atom stereocenters. The van der Waals surface area contributed by atoms with Gasteiger partial charge < -0.3 is 9.30 Å². The summed E-state index contributed by atoms with van der Waals surface area (Å²) in [5.41, 5.74) is 3.99. The molecule has 1 aliphatic rings. The predicted molar refractivity (Wildman–Crippen MR) is 96.7 cm³/mol. The molecule has 1 aromatic heterocycles. The molecular formula is C19H18N4O2. The molecule has 1 aliphatic heterocycles. The molecule has 0 amide bonds. The highest BCUT2D eigenvalue weighted by molar-refractivity contribution is 6.02. The SMILES string of the molecule is COC(=O)CCN1N=C(c2ccccc2)Cn2c1nc1ccccc12. The highest BCUT2D eigenvalue weighted by Crippen LogP contribution is 2.27. The van der Waals surface area contributed by atoms with Crippen molar-refractivity contribution in [1.82, 2.24) is 9.55 Å². The molecule has 4 rings (SSSR count). The second-order valence-corrected chi connectivity index (χ2v) is 5.85. The molecule has 0 spiro atoms. The average molecular weight is 334 g/mol. The fraction of sp³-hybridized carbons (Fsp3) is 0.211. The van der Waals surface area contributed by atoms with Gasteiger partial charge in [0.05, 0.1) is 43.4 Å². The standard InChI is InChI=1S/C19H18N4O2/c1-25-18(24)11-12-23-19-20-15-9-5-6-10-17(15)22(19)13-16(21-23)14-7-3-2-4-8-14/h2-10H,11-13H2,1H3. The van der Waals surface area contributed by atoms with Crippen LogP contribution < -0.4 is 5.01 Å². The Kier molecular flexibility index (Phi) is 3.93. The molecule has 0 radical (unpaired) electrons. The van der Waals surface area contributed by atoms with Crippen molar-refractivity contribution in [2.75, 3.05) is 18.7 Å². The number of imidazole rings is 1. The Balaban J connectivity index is 1.76. The van der Waals surface area contributed by atoms with E-state index in [0.29, 0.717) is 13.1 Å². The number of esters is 1. The summed E-state index contributed by atoms with van der Waals surface area (Å²) >= 11 is 0. The molecule has 0 saturated carbocycles. The Morgan fingerprint density at radius 2 is 1.88 bits per heavy atom. The highest BCUT2D eigenvalue weighted by atomic mass is 16.5. The molecule has 0 fully saturated rings. The van der Waals surface area contributed by atoms with Crippen molar-refractivity contribution in [3.8, 4) is 0 Å². The lowest BCUT2D eigenvalue weighted by Gasteiger charge is -2.26. The minimum atomic E-state index is -0.260. The van der Waals surface area contributed by atoms with E-state index in [2.05, 4.69) is 10.6 Å². The van der Waals surface area contributed by atoms with Crippen molar-refractivity contribution < 1.29 is 9.53 Å². The van der Waals surface area contributed by atoms with Crippen LogP contribution in [-0.4, -0.2) is 34.9 Å². The second kappa shape index (κ2) is 6.39. The van der Waals surface area contributed by atoms with Gasteiger partial charge in [0.2, 0.25) is 5.95 Å². The highest BCUT2D eigenvalue weighted by Gasteiger charge is 2.24. The number of hydrogen-bond acceptors (Lipinski definition) is 5. The lowest BCUT2D eigenvalue weighted by atomic mass is 10.1.